The molecule has 2 aromatic rings. The average molecular weight is 460 g/mol. The van der Waals surface area contributed by atoms with Crippen LogP contribution in [0.5, 0.6) is 0 Å². The summed E-state index contributed by atoms with van der Waals surface area (Å²) in [4.78, 5) is 39.1. The molecule has 9 nitrogen and oxygen atoms in total. The van der Waals surface area contributed by atoms with E-state index in [2.05, 4.69) is 10.6 Å². The number of amides is 3. The lowest BCUT2D eigenvalue weighted by molar-refractivity contribution is -0.134. The molecule has 11 heteroatoms. The van der Waals surface area contributed by atoms with Gasteiger partial charge in [0.25, 0.3) is 5.91 Å². The number of benzene rings is 2. The Morgan fingerprint density at radius 3 is 2.34 bits per heavy atom. The zero-order valence-electron chi connectivity index (χ0n) is 17.0. The molecule has 168 valence electrons. The van der Waals surface area contributed by atoms with E-state index in [9.17, 15) is 27.2 Å². The highest BCUT2D eigenvalue weighted by atomic mass is 32.2. The second-order valence-corrected chi connectivity index (χ2v) is 9.44. The summed E-state index contributed by atoms with van der Waals surface area (Å²) in [5.74, 6) is -1.84. The average Bonchev–Trinajstić information content (AvgIpc) is 2.90. The molecule has 0 aliphatic carbocycles. The van der Waals surface area contributed by atoms with Crippen LogP contribution in [-0.4, -0.2) is 67.6 Å². The topological polar surface area (TPSA) is 116 Å². The van der Waals surface area contributed by atoms with Crippen LogP contribution in [0.3, 0.4) is 0 Å². The van der Waals surface area contributed by atoms with E-state index in [-0.39, 0.29) is 43.4 Å². The predicted molar refractivity (Wildman–Crippen MR) is 113 cm³/mol. The third kappa shape index (κ3) is 4.34. The lowest BCUT2D eigenvalue weighted by Crippen LogP contribution is -2.52. The van der Waals surface area contributed by atoms with Gasteiger partial charge in [0.05, 0.1) is 22.6 Å². The smallest absolute Gasteiger partial charge is 0.254 e. The molecule has 0 aromatic heterocycles. The van der Waals surface area contributed by atoms with Crippen molar-refractivity contribution in [2.24, 2.45) is 0 Å². The SMILES string of the molecule is O=C1N[C@H](CC(=O)N2CCN(S(=O)(=O)c3ccc(F)cc3)CC2)C(=O)Nc2ccccc21. The van der Waals surface area contributed by atoms with Crippen LogP contribution >= 0.6 is 0 Å². The number of carbonyl (C=O) groups excluding carboxylic acids is 3. The Kier molecular flexibility index (Phi) is 5.94. The van der Waals surface area contributed by atoms with Crippen molar-refractivity contribution in [3.05, 3.63) is 59.9 Å². The summed E-state index contributed by atoms with van der Waals surface area (Å²) in [6.07, 6.45) is -0.240. The van der Waals surface area contributed by atoms with E-state index in [0.717, 1.165) is 12.1 Å². The summed E-state index contributed by atoms with van der Waals surface area (Å²) < 4.78 is 39.8. The van der Waals surface area contributed by atoms with Crippen molar-refractivity contribution in [1.82, 2.24) is 14.5 Å². The van der Waals surface area contributed by atoms with Crippen LogP contribution in [0.4, 0.5) is 10.1 Å². The molecular formula is C21H21FN4O5S. The lowest BCUT2D eigenvalue weighted by atomic mass is 10.1. The Hall–Kier alpha value is -3.31. The van der Waals surface area contributed by atoms with Gasteiger partial charge in [-0.1, -0.05) is 12.1 Å². The Balaban J connectivity index is 1.37. The number of piperazine rings is 1. The normalized spacial score (nSPS) is 19.5. The molecule has 0 radical (unpaired) electrons. The lowest BCUT2D eigenvalue weighted by Gasteiger charge is -2.34. The quantitative estimate of drug-likeness (QED) is 0.700. The van der Waals surface area contributed by atoms with E-state index in [4.69, 9.17) is 0 Å². The third-order valence-corrected chi connectivity index (χ3v) is 7.39. The number of sulfonamides is 1. The van der Waals surface area contributed by atoms with E-state index in [1.54, 1.807) is 24.3 Å². The standard InChI is InChI=1S/C21H21FN4O5S/c22-14-5-7-15(8-6-14)32(30,31)26-11-9-25(10-12-26)19(27)13-18-21(29)23-17-4-2-1-3-16(17)20(28)24-18/h1-8,18H,9-13H2,(H,23,29)(H,24,28)/t18-/m1/s1. The van der Waals surface area contributed by atoms with Crippen LogP contribution in [0.15, 0.2) is 53.4 Å². The number of hydrogen-bond acceptors (Lipinski definition) is 5. The zero-order chi connectivity index (χ0) is 22.9. The van der Waals surface area contributed by atoms with Gasteiger partial charge in [-0.05, 0) is 36.4 Å². The molecule has 32 heavy (non-hydrogen) atoms. The van der Waals surface area contributed by atoms with Gasteiger partial charge < -0.3 is 15.5 Å². The van der Waals surface area contributed by atoms with Gasteiger partial charge in [-0.25, -0.2) is 12.8 Å². The first-order valence-corrected chi connectivity index (χ1v) is 11.4. The molecule has 2 aliphatic rings. The van der Waals surface area contributed by atoms with Gasteiger partial charge in [-0.15, -0.1) is 0 Å². The molecule has 0 saturated carbocycles. The minimum atomic E-state index is -3.80. The molecule has 0 bridgehead atoms. The molecule has 0 unspecified atom stereocenters. The van der Waals surface area contributed by atoms with E-state index in [0.29, 0.717) is 11.3 Å². The predicted octanol–water partition coefficient (Wildman–Crippen LogP) is 0.799. The van der Waals surface area contributed by atoms with Gasteiger partial charge >= 0.3 is 0 Å². The summed E-state index contributed by atoms with van der Waals surface area (Å²) in [5, 5.41) is 5.23. The van der Waals surface area contributed by atoms with Crippen LogP contribution in [0.2, 0.25) is 0 Å². The van der Waals surface area contributed by atoms with Gasteiger partial charge in [0, 0.05) is 26.2 Å². The summed E-state index contributed by atoms with van der Waals surface area (Å²) in [5.41, 5.74) is 0.694. The number of halogens is 1. The fraction of sp³-hybridized carbons (Fsp3) is 0.286. The summed E-state index contributed by atoms with van der Waals surface area (Å²) in [7, 11) is -3.80. The molecule has 2 N–H and O–H groups in total. The van der Waals surface area contributed by atoms with Crippen LogP contribution in [0.25, 0.3) is 0 Å². The van der Waals surface area contributed by atoms with Gasteiger partial charge in [0.2, 0.25) is 21.8 Å². The van der Waals surface area contributed by atoms with Gasteiger partial charge in [0.15, 0.2) is 0 Å². The summed E-state index contributed by atoms with van der Waals surface area (Å²) in [6, 6.07) is 10.1. The summed E-state index contributed by atoms with van der Waals surface area (Å²) >= 11 is 0. The van der Waals surface area contributed by atoms with Crippen molar-refractivity contribution in [1.29, 1.82) is 0 Å². The molecule has 1 fully saturated rings. The van der Waals surface area contributed by atoms with E-state index >= 15 is 0 Å². The van der Waals surface area contributed by atoms with Crippen molar-refractivity contribution in [2.75, 3.05) is 31.5 Å². The molecule has 2 aliphatic heterocycles. The second kappa shape index (κ2) is 8.67. The van der Waals surface area contributed by atoms with Crippen molar-refractivity contribution in [2.45, 2.75) is 17.4 Å². The minimum Gasteiger partial charge on any atom is -0.340 e. The van der Waals surface area contributed by atoms with E-state index in [1.807, 2.05) is 0 Å². The Morgan fingerprint density at radius 2 is 1.66 bits per heavy atom. The number of nitrogens with one attached hydrogen (secondary N) is 2. The number of carbonyl (C=O) groups is 3. The number of nitrogens with zero attached hydrogens (tertiary/aromatic N) is 2. The van der Waals surface area contributed by atoms with Crippen LogP contribution in [0.1, 0.15) is 16.8 Å². The number of para-hydroxylation sites is 1. The van der Waals surface area contributed by atoms with Crippen LogP contribution in [-0.2, 0) is 19.6 Å². The molecule has 1 atom stereocenters. The summed E-state index contributed by atoms with van der Waals surface area (Å²) in [6.45, 7) is 0.420. The maximum atomic E-state index is 13.1. The number of rotatable bonds is 4. The monoisotopic (exact) mass is 460 g/mol. The fourth-order valence-electron chi connectivity index (χ4n) is 3.69. The number of anilines is 1. The van der Waals surface area contributed by atoms with Gasteiger partial charge in [0.1, 0.15) is 11.9 Å². The van der Waals surface area contributed by atoms with Gasteiger partial charge in [-0.3, -0.25) is 14.4 Å². The van der Waals surface area contributed by atoms with Crippen LogP contribution < -0.4 is 10.6 Å². The third-order valence-electron chi connectivity index (χ3n) is 5.47. The van der Waals surface area contributed by atoms with Crippen LogP contribution in [0, 0.1) is 5.82 Å². The molecule has 3 amide bonds. The molecule has 2 heterocycles. The minimum absolute atomic E-state index is 0.0175. The van der Waals surface area contributed by atoms with Crippen molar-refractivity contribution >= 4 is 33.4 Å². The van der Waals surface area contributed by atoms with E-state index in [1.165, 1.54) is 21.3 Å². The first-order valence-electron chi connectivity index (χ1n) is 10.00. The fourth-order valence-corrected chi connectivity index (χ4v) is 5.11. The van der Waals surface area contributed by atoms with Crippen molar-refractivity contribution in [3.8, 4) is 0 Å². The number of hydrogen-bond donors (Lipinski definition) is 2. The highest BCUT2D eigenvalue weighted by Crippen LogP contribution is 2.21. The Labute approximate surface area is 184 Å². The Bertz CT molecular complexity index is 1160. The van der Waals surface area contributed by atoms with Crippen molar-refractivity contribution < 1.29 is 27.2 Å². The first-order chi connectivity index (χ1) is 15.3. The highest BCUT2D eigenvalue weighted by molar-refractivity contribution is 7.89. The molecule has 2 aromatic carbocycles. The Morgan fingerprint density at radius 1 is 1.00 bits per heavy atom. The molecule has 4 rings (SSSR count). The highest BCUT2D eigenvalue weighted by Gasteiger charge is 2.34. The molecule has 1 saturated heterocycles. The maximum absolute atomic E-state index is 13.1. The maximum Gasteiger partial charge on any atom is 0.254 e. The second-order valence-electron chi connectivity index (χ2n) is 7.50. The van der Waals surface area contributed by atoms with E-state index < -0.39 is 33.7 Å². The largest absolute Gasteiger partial charge is 0.340 e. The van der Waals surface area contributed by atoms with Crippen molar-refractivity contribution in [3.63, 3.8) is 0 Å². The number of fused-ring (bicyclic) bond motifs is 1. The molecular weight excluding hydrogens is 439 g/mol. The first kappa shape index (κ1) is 21.9. The zero-order valence-corrected chi connectivity index (χ0v) is 17.8. The van der Waals surface area contributed by atoms with Gasteiger partial charge in [-0.2, -0.15) is 4.31 Å². The molecule has 0 spiro atoms.